The van der Waals surface area contributed by atoms with Crippen LogP contribution in [0.2, 0.25) is 0 Å². The molecule has 0 unspecified atom stereocenters. The molecule has 170 valence electrons. The molecule has 1 aliphatic heterocycles. The summed E-state index contributed by atoms with van der Waals surface area (Å²) in [6.45, 7) is 2.66. The topological polar surface area (TPSA) is 67.6 Å². The van der Waals surface area contributed by atoms with Crippen LogP contribution in [0.15, 0.2) is 78.9 Å². The third kappa shape index (κ3) is 6.89. The first-order chi connectivity index (χ1) is 14.7. The van der Waals surface area contributed by atoms with Crippen LogP contribution in [-0.4, -0.2) is 30.2 Å². The highest BCUT2D eigenvalue weighted by atomic mass is 35.5. The van der Waals surface area contributed by atoms with E-state index in [1.54, 1.807) is 0 Å². The lowest BCUT2D eigenvalue weighted by Crippen LogP contribution is -2.38. The number of rotatable bonds is 5. The van der Waals surface area contributed by atoms with Crippen molar-refractivity contribution in [2.24, 2.45) is 0 Å². The number of halogens is 2. The van der Waals surface area contributed by atoms with Crippen LogP contribution in [0.3, 0.4) is 0 Å². The first-order valence-electron chi connectivity index (χ1n) is 10.4. The Morgan fingerprint density at radius 1 is 0.938 bits per heavy atom. The number of carbonyl (C=O) groups excluding carboxylic acids is 1. The van der Waals surface area contributed by atoms with E-state index in [2.05, 4.69) is 16.3 Å². The Balaban J connectivity index is 0.00000181. The molecule has 0 spiro atoms. The standard InChI is InChI=1S/C25H27N3O2.2ClH/c26-21-10-6-7-19(17-21)18-28-15-13-22(14-16-28)30-25(29)27-24-12-5-4-11-23(24)20-8-2-1-3-9-20;;/h1-12,17,22H,13-16,18,26H2,(H,27,29);2*1H. The first kappa shape index (κ1) is 25.5. The molecule has 0 aliphatic carbocycles. The molecule has 0 radical (unpaired) electrons. The Hall–Kier alpha value is -2.73. The number of piperidine rings is 1. The van der Waals surface area contributed by atoms with Crippen LogP contribution in [-0.2, 0) is 11.3 Å². The molecular weight excluding hydrogens is 445 g/mol. The van der Waals surface area contributed by atoms with E-state index >= 15 is 0 Å². The average molecular weight is 474 g/mol. The van der Waals surface area contributed by atoms with Gasteiger partial charge in [-0.2, -0.15) is 0 Å². The highest BCUT2D eigenvalue weighted by Gasteiger charge is 2.22. The second-order valence-electron chi connectivity index (χ2n) is 7.66. The minimum atomic E-state index is -0.396. The van der Waals surface area contributed by atoms with Gasteiger partial charge in [0.2, 0.25) is 0 Å². The number of nitrogen functional groups attached to an aromatic ring is 1. The van der Waals surface area contributed by atoms with Crippen molar-refractivity contribution in [3.8, 4) is 11.1 Å². The van der Waals surface area contributed by atoms with Gasteiger partial charge in [-0.15, -0.1) is 24.8 Å². The smallest absolute Gasteiger partial charge is 0.411 e. The molecular formula is C25H29Cl2N3O2. The van der Waals surface area contributed by atoms with Crippen LogP contribution in [0.1, 0.15) is 18.4 Å². The number of benzene rings is 3. The number of anilines is 2. The Morgan fingerprint density at radius 2 is 1.62 bits per heavy atom. The van der Waals surface area contributed by atoms with E-state index in [1.165, 1.54) is 5.56 Å². The summed E-state index contributed by atoms with van der Waals surface area (Å²) in [7, 11) is 0. The van der Waals surface area contributed by atoms with Gasteiger partial charge in [-0.1, -0.05) is 60.7 Å². The lowest BCUT2D eigenvalue weighted by atomic mass is 10.0. The number of nitrogens with zero attached hydrogens (tertiary/aromatic N) is 1. The molecule has 0 bridgehead atoms. The number of nitrogens with one attached hydrogen (secondary N) is 1. The molecule has 1 amide bonds. The Bertz CT molecular complexity index is 993. The molecule has 1 fully saturated rings. The van der Waals surface area contributed by atoms with Gasteiger partial charge in [0.25, 0.3) is 0 Å². The van der Waals surface area contributed by atoms with E-state index in [9.17, 15) is 4.79 Å². The van der Waals surface area contributed by atoms with Crippen molar-refractivity contribution in [1.29, 1.82) is 0 Å². The molecule has 0 atom stereocenters. The summed E-state index contributed by atoms with van der Waals surface area (Å²) in [4.78, 5) is 14.9. The van der Waals surface area contributed by atoms with Gasteiger partial charge in [-0.05, 0) is 42.2 Å². The van der Waals surface area contributed by atoms with E-state index in [0.717, 1.165) is 55.0 Å². The molecule has 3 aromatic carbocycles. The maximum atomic E-state index is 12.5. The number of hydrogen-bond donors (Lipinski definition) is 2. The van der Waals surface area contributed by atoms with Crippen LogP contribution in [0.5, 0.6) is 0 Å². The molecule has 0 aromatic heterocycles. The number of amides is 1. The Kier molecular flexibility index (Phi) is 9.85. The van der Waals surface area contributed by atoms with Crippen molar-refractivity contribution in [1.82, 2.24) is 4.90 Å². The van der Waals surface area contributed by atoms with Crippen molar-refractivity contribution < 1.29 is 9.53 Å². The van der Waals surface area contributed by atoms with Crippen LogP contribution >= 0.6 is 24.8 Å². The third-order valence-corrected chi connectivity index (χ3v) is 5.41. The number of nitrogens with two attached hydrogens (primary N) is 1. The fourth-order valence-electron chi connectivity index (χ4n) is 3.89. The third-order valence-electron chi connectivity index (χ3n) is 5.41. The van der Waals surface area contributed by atoms with Crippen molar-refractivity contribution in [2.75, 3.05) is 24.1 Å². The molecule has 1 heterocycles. The second-order valence-corrected chi connectivity index (χ2v) is 7.66. The summed E-state index contributed by atoms with van der Waals surface area (Å²) in [5.41, 5.74) is 10.7. The van der Waals surface area contributed by atoms with Crippen molar-refractivity contribution in [3.05, 3.63) is 84.4 Å². The second kappa shape index (κ2) is 12.3. The van der Waals surface area contributed by atoms with E-state index in [4.69, 9.17) is 10.5 Å². The van der Waals surface area contributed by atoms with E-state index < -0.39 is 6.09 Å². The molecule has 1 aliphatic rings. The summed E-state index contributed by atoms with van der Waals surface area (Å²) in [5, 5.41) is 2.92. The molecule has 0 saturated carbocycles. The van der Waals surface area contributed by atoms with Gasteiger partial charge in [0.05, 0.1) is 5.69 Å². The number of para-hydroxylation sites is 1. The minimum absolute atomic E-state index is 0. The molecule has 1 saturated heterocycles. The van der Waals surface area contributed by atoms with Crippen molar-refractivity contribution >= 4 is 42.3 Å². The van der Waals surface area contributed by atoms with Gasteiger partial charge >= 0.3 is 6.09 Å². The largest absolute Gasteiger partial charge is 0.446 e. The van der Waals surface area contributed by atoms with Gasteiger partial charge < -0.3 is 10.5 Å². The predicted molar refractivity (Wildman–Crippen MR) is 136 cm³/mol. The molecule has 3 aromatic rings. The van der Waals surface area contributed by atoms with Crippen LogP contribution < -0.4 is 11.1 Å². The van der Waals surface area contributed by atoms with E-state index in [1.807, 2.05) is 72.8 Å². The number of hydrogen-bond acceptors (Lipinski definition) is 4. The van der Waals surface area contributed by atoms with Gasteiger partial charge in [-0.3, -0.25) is 10.2 Å². The Morgan fingerprint density at radius 3 is 2.34 bits per heavy atom. The molecule has 7 heteroatoms. The zero-order valence-electron chi connectivity index (χ0n) is 17.8. The highest BCUT2D eigenvalue weighted by molar-refractivity contribution is 5.91. The maximum Gasteiger partial charge on any atom is 0.411 e. The lowest BCUT2D eigenvalue weighted by Gasteiger charge is -2.31. The predicted octanol–water partition coefficient (Wildman–Crippen LogP) is 5.99. The summed E-state index contributed by atoms with van der Waals surface area (Å²) in [6.07, 6.45) is 1.20. The zero-order chi connectivity index (χ0) is 20.8. The minimum Gasteiger partial charge on any atom is -0.446 e. The van der Waals surface area contributed by atoms with Crippen molar-refractivity contribution in [2.45, 2.75) is 25.5 Å². The average Bonchev–Trinajstić information content (AvgIpc) is 2.76. The molecule has 4 rings (SSSR count). The van der Waals surface area contributed by atoms with Gasteiger partial charge in [0.1, 0.15) is 6.10 Å². The molecule has 3 N–H and O–H groups in total. The van der Waals surface area contributed by atoms with Crippen LogP contribution in [0.4, 0.5) is 16.2 Å². The van der Waals surface area contributed by atoms with E-state index in [-0.39, 0.29) is 30.9 Å². The van der Waals surface area contributed by atoms with Crippen LogP contribution in [0.25, 0.3) is 11.1 Å². The zero-order valence-corrected chi connectivity index (χ0v) is 19.4. The SMILES string of the molecule is Cl.Cl.Nc1cccc(CN2CCC(OC(=O)Nc3ccccc3-c3ccccc3)CC2)c1. The van der Waals surface area contributed by atoms with Gasteiger partial charge in [0, 0.05) is 30.9 Å². The molecule has 32 heavy (non-hydrogen) atoms. The number of likely N-dealkylation sites (tertiary alicyclic amines) is 1. The normalized spacial score (nSPS) is 14.0. The quantitative estimate of drug-likeness (QED) is 0.446. The fourth-order valence-corrected chi connectivity index (χ4v) is 3.89. The van der Waals surface area contributed by atoms with Gasteiger partial charge in [0.15, 0.2) is 0 Å². The number of ether oxygens (including phenoxy) is 1. The van der Waals surface area contributed by atoms with Crippen molar-refractivity contribution in [3.63, 3.8) is 0 Å². The van der Waals surface area contributed by atoms with Crippen LogP contribution in [0, 0.1) is 0 Å². The summed E-state index contributed by atoms with van der Waals surface area (Å²) in [5.74, 6) is 0. The molecule has 5 nitrogen and oxygen atoms in total. The van der Waals surface area contributed by atoms with E-state index in [0.29, 0.717) is 0 Å². The summed E-state index contributed by atoms with van der Waals surface area (Å²) in [6, 6.07) is 25.8. The monoisotopic (exact) mass is 473 g/mol. The Labute approximate surface area is 201 Å². The number of carbonyl (C=O) groups is 1. The summed E-state index contributed by atoms with van der Waals surface area (Å²) < 4.78 is 5.71. The first-order valence-corrected chi connectivity index (χ1v) is 10.4. The maximum absolute atomic E-state index is 12.5. The lowest BCUT2D eigenvalue weighted by molar-refractivity contribution is 0.0567. The van der Waals surface area contributed by atoms with Gasteiger partial charge in [-0.25, -0.2) is 4.79 Å². The fraction of sp³-hybridized carbons (Fsp3) is 0.240. The highest BCUT2D eigenvalue weighted by Crippen LogP contribution is 2.28. The summed E-state index contributed by atoms with van der Waals surface area (Å²) >= 11 is 0.